The number of hydrogen-bond donors (Lipinski definition) is 1. The number of nitrogens with one attached hydrogen (secondary N) is 1. The average molecular weight is 407 g/mol. The Morgan fingerprint density at radius 2 is 2.04 bits per heavy atom. The zero-order chi connectivity index (χ0) is 20.1. The predicted octanol–water partition coefficient (Wildman–Crippen LogP) is 1.96. The van der Waals surface area contributed by atoms with Crippen LogP contribution in [-0.4, -0.2) is 68.6 Å². The molecule has 10 heteroatoms. The van der Waals surface area contributed by atoms with Gasteiger partial charge in [-0.3, -0.25) is 4.90 Å². The number of amides is 1. The van der Waals surface area contributed by atoms with Gasteiger partial charge in [0.1, 0.15) is 11.1 Å². The minimum Gasteiger partial charge on any atom is -0.444 e. The molecule has 2 rings (SSSR count). The molecule has 0 spiro atoms. The van der Waals surface area contributed by atoms with Crippen molar-refractivity contribution in [1.82, 2.24) is 20.2 Å². The summed E-state index contributed by atoms with van der Waals surface area (Å²) in [5.41, 5.74) is -0.588. The number of likely N-dealkylation sites (N-methyl/N-ethyl adjacent to an activating group) is 1. The van der Waals surface area contributed by atoms with Crippen LogP contribution in [0.1, 0.15) is 32.3 Å². The van der Waals surface area contributed by atoms with Gasteiger partial charge in [-0.05, 0) is 46.1 Å². The third-order valence-corrected chi connectivity index (χ3v) is 4.08. The molecule has 0 unspecified atom stereocenters. The molecule has 0 saturated heterocycles. The largest absolute Gasteiger partial charge is 0.444 e. The van der Waals surface area contributed by atoms with Gasteiger partial charge in [0.05, 0.1) is 5.69 Å². The summed E-state index contributed by atoms with van der Waals surface area (Å²) in [6.45, 7) is 6.08. The summed E-state index contributed by atoms with van der Waals surface area (Å²) in [6, 6.07) is 1.80. The van der Waals surface area contributed by atoms with Crippen molar-refractivity contribution >= 4 is 53.4 Å². The lowest BCUT2D eigenvalue weighted by Crippen LogP contribution is -2.58. The molecule has 0 bridgehead atoms. The monoisotopic (exact) mass is 406 g/mol. The number of hydrogen-bond acceptors (Lipinski definition) is 7. The van der Waals surface area contributed by atoms with Crippen molar-refractivity contribution in [3.05, 3.63) is 23.8 Å². The number of carbonyl (C=O) groups excluding carboxylic acids is 1. The van der Waals surface area contributed by atoms with E-state index >= 15 is 0 Å². The van der Waals surface area contributed by atoms with Gasteiger partial charge in [-0.15, -0.1) is 0 Å². The third kappa shape index (κ3) is 6.19. The molecule has 1 N–H and O–H groups in total. The van der Waals surface area contributed by atoms with Gasteiger partial charge in [-0.2, -0.15) is 0 Å². The molecule has 1 aromatic rings. The normalized spacial score (nSPS) is 15.7. The van der Waals surface area contributed by atoms with Gasteiger partial charge in [0.15, 0.2) is 5.82 Å². The van der Waals surface area contributed by atoms with E-state index in [1.165, 1.54) is 5.37 Å². The lowest BCUT2D eigenvalue weighted by atomic mass is 9.99. The maximum atomic E-state index is 12.1. The number of carbonyl (C=O) groups is 1. The standard InChI is InChI=1S/C17H22N6O2S2/c1-16(2,3)25-15(24)21-11-17(9-19-14(27)20-10-17)23(4)7-12-5-6-18-13(8-26)22-12/h5-6,8-10H,7,11H2,1-4H3,(H,21,24). The second kappa shape index (κ2) is 8.68. The van der Waals surface area contributed by atoms with Crippen LogP contribution in [0.4, 0.5) is 4.79 Å². The van der Waals surface area contributed by atoms with Crippen molar-refractivity contribution in [3.8, 4) is 0 Å². The molecule has 0 aromatic carbocycles. The minimum atomic E-state index is -0.776. The summed E-state index contributed by atoms with van der Waals surface area (Å²) < 4.78 is 5.30. The molecule has 144 valence electrons. The summed E-state index contributed by atoms with van der Waals surface area (Å²) in [5, 5.41) is 4.43. The summed E-state index contributed by atoms with van der Waals surface area (Å²) in [7, 11) is 1.88. The molecular weight excluding hydrogens is 384 g/mol. The minimum absolute atomic E-state index is 0.207. The van der Waals surface area contributed by atoms with E-state index in [0.29, 0.717) is 12.4 Å². The van der Waals surface area contributed by atoms with E-state index in [1.807, 2.05) is 11.9 Å². The fraction of sp³-hybridized carbons (Fsp3) is 0.471. The molecule has 1 aromatic heterocycles. The van der Waals surface area contributed by atoms with Crippen LogP contribution in [0.2, 0.25) is 0 Å². The molecule has 27 heavy (non-hydrogen) atoms. The first-order valence-corrected chi connectivity index (χ1v) is 9.11. The highest BCUT2D eigenvalue weighted by atomic mass is 32.1. The predicted molar refractivity (Wildman–Crippen MR) is 113 cm³/mol. The maximum absolute atomic E-state index is 12.1. The number of ether oxygens (including phenoxy) is 1. The molecule has 8 nitrogen and oxygen atoms in total. The first-order valence-electron chi connectivity index (χ1n) is 8.23. The van der Waals surface area contributed by atoms with E-state index in [-0.39, 0.29) is 11.7 Å². The Morgan fingerprint density at radius 1 is 1.37 bits per heavy atom. The van der Waals surface area contributed by atoms with Gasteiger partial charge in [0.2, 0.25) is 5.11 Å². The van der Waals surface area contributed by atoms with E-state index in [4.69, 9.17) is 29.2 Å². The van der Waals surface area contributed by atoms with E-state index in [1.54, 1.807) is 45.5 Å². The Balaban J connectivity index is 2.16. The van der Waals surface area contributed by atoms with Gasteiger partial charge in [0.25, 0.3) is 0 Å². The Bertz CT molecular complexity index is 772. The van der Waals surface area contributed by atoms with Crippen molar-refractivity contribution in [1.29, 1.82) is 0 Å². The van der Waals surface area contributed by atoms with Crippen molar-refractivity contribution in [2.45, 2.75) is 38.5 Å². The smallest absolute Gasteiger partial charge is 0.407 e. The Morgan fingerprint density at radius 3 is 2.63 bits per heavy atom. The number of alkyl carbamates (subject to hydrolysis) is 1. The lowest BCUT2D eigenvalue weighted by molar-refractivity contribution is 0.0512. The maximum Gasteiger partial charge on any atom is 0.407 e. The first kappa shape index (κ1) is 21.1. The van der Waals surface area contributed by atoms with Crippen LogP contribution in [0.15, 0.2) is 22.2 Å². The molecule has 0 saturated carbocycles. The highest BCUT2D eigenvalue weighted by Crippen LogP contribution is 2.16. The average Bonchev–Trinajstić information content (AvgIpc) is 2.60. The molecule has 1 aliphatic heterocycles. The number of aliphatic imine (C=N–C) groups is 2. The number of rotatable bonds is 6. The molecule has 2 heterocycles. The number of thiocarbonyl (C=S) groups is 2. The van der Waals surface area contributed by atoms with Gasteiger partial charge >= 0.3 is 6.09 Å². The lowest BCUT2D eigenvalue weighted by Gasteiger charge is -2.37. The van der Waals surface area contributed by atoms with E-state index in [2.05, 4.69) is 25.3 Å². The zero-order valence-electron chi connectivity index (χ0n) is 15.7. The fourth-order valence-corrected chi connectivity index (χ4v) is 2.52. The summed E-state index contributed by atoms with van der Waals surface area (Å²) >= 11 is 9.89. The van der Waals surface area contributed by atoms with Gasteiger partial charge < -0.3 is 10.1 Å². The molecular formula is C17H22N6O2S2. The Labute approximate surface area is 169 Å². The first-order chi connectivity index (χ1) is 12.6. The number of aromatic nitrogens is 2. The summed E-state index contributed by atoms with van der Waals surface area (Å²) in [4.78, 5) is 30.8. The highest BCUT2D eigenvalue weighted by molar-refractivity contribution is 7.80. The topological polar surface area (TPSA) is 92.1 Å². The molecule has 1 amide bonds. The van der Waals surface area contributed by atoms with Crippen molar-refractivity contribution in [2.24, 2.45) is 9.98 Å². The Hall–Kier alpha value is -2.17. The molecule has 1 aliphatic rings. The third-order valence-electron chi connectivity index (χ3n) is 3.66. The van der Waals surface area contributed by atoms with Crippen LogP contribution in [0.3, 0.4) is 0 Å². The van der Waals surface area contributed by atoms with Crippen molar-refractivity contribution in [2.75, 3.05) is 13.6 Å². The second-order valence-corrected chi connectivity index (χ2v) is 7.63. The zero-order valence-corrected chi connectivity index (χ0v) is 17.3. The molecule has 0 radical (unpaired) electrons. The van der Waals surface area contributed by atoms with Crippen LogP contribution in [0, 0.1) is 0 Å². The summed E-state index contributed by atoms with van der Waals surface area (Å²) in [6.07, 6.45) is 4.47. The SMILES string of the molecule is CN(Cc1ccnc(C=S)n1)C1(CNC(=O)OC(C)(C)C)C=NC(=S)N=C1. The van der Waals surface area contributed by atoms with Crippen LogP contribution in [0.25, 0.3) is 0 Å². The molecule has 0 aliphatic carbocycles. The summed E-state index contributed by atoms with van der Waals surface area (Å²) in [5.74, 6) is 0.476. The number of nitrogens with zero attached hydrogens (tertiary/aromatic N) is 5. The van der Waals surface area contributed by atoms with Gasteiger partial charge in [0, 0.05) is 37.1 Å². The molecule has 0 fully saturated rings. The van der Waals surface area contributed by atoms with E-state index in [9.17, 15) is 4.79 Å². The molecule has 0 atom stereocenters. The van der Waals surface area contributed by atoms with Crippen LogP contribution in [-0.2, 0) is 11.3 Å². The van der Waals surface area contributed by atoms with Crippen LogP contribution in [0.5, 0.6) is 0 Å². The van der Waals surface area contributed by atoms with Crippen LogP contribution < -0.4 is 5.32 Å². The van der Waals surface area contributed by atoms with E-state index in [0.717, 1.165) is 5.69 Å². The Kier molecular flexibility index (Phi) is 6.79. The highest BCUT2D eigenvalue weighted by Gasteiger charge is 2.35. The fourth-order valence-electron chi connectivity index (χ4n) is 2.30. The van der Waals surface area contributed by atoms with Gasteiger partial charge in [-0.25, -0.2) is 24.7 Å². The van der Waals surface area contributed by atoms with Gasteiger partial charge in [-0.1, -0.05) is 12.2 Å². The van der Waals surface area contributed by atoms with Crippen molar-refractivity contribution in [3.63, 3.8) is 0 Å². The van der Waals surface area contributed by atoms with Crippen LogP contribution >= 0.6 is 24.4 Å². The quantitative estimate of drug-likeness (QED) is 0.722. The second-order valence-electron chi connectivity index (χ2n) is 7.03. The van der Waals surface area contributed by atoms with Crippen molar-refractivity contribution < 1.29 is 9.53 Å². The van der Waals surface area contributed by atoms with E-state index < -0.39 is 17.2 Å².